The van der Waals surface area contributed by atoms with E-state index in [1.165, 1.54) is 64.2 Å². The number of hydrogen-bond acceptors (Lipinski definition) is 6. The fourth-order valence-corrected chi connectivity index (χ4v) is 6.73. The summed E-state index contributed by atoms with van der Waals surface area (Å²) in [5, 5.41) is 0. The van der Waals surface area contributed by atoms with E-state index in [9.17, 15) is 14.4 Å². The van der Waals surface area contributed by atoms with Gasteiger partial charge in [0.2, 0.25) is 0 Å². The molecule has 0 fully saturated rings. The zero-order valence-electron chi connectivity index (χ0n) is 40.8. The summed E-state index contributed by atoms with van der Waals surface area (Å²) in [6.07, 6.45) is 66.7. The molecule has 0 amide bonds. The topological polar surface area (TPSA) is 78.9 Å². The Balaban J connectivity index is 4.48. The maximum atomic E-state index is 12.8. The number of carbonyl (C=O) groups is 3. The second-order valence-electron chi connectivity index (χ2n) is 16.7. The van der Waals surface area contributed by atoms with Crippen LogP contribution in [0.4, 0.5) is 0 Å². The van der Waals surface area contributed by atoms with E-state index in [2.05, 4.69) is 118 Å². The minimum atomic E-state index is -0.807. The molecule has 0 aliphatic carbocycles. The van der Waals surface area contributed by atoms with Gasteiger partial charge in [-0.3, -0.25) is 14.4 Å². The monoisotopic (exact) mass is 875 g/mol. The van der Waals surface area contributed by atoms with Crippen molar-refractivity contribution in [3.63, 3.8) is 0 Å². The molecule has 0 aliphatic heterocycles. The third kappa shape index (κ3) is 49.2. The number of hydrogen-bond donors (Lipinski definition) is 0. The highest BCUT2D eigenvalue weighted by Gasteiger charge is 2.19. The van der Waals surface area contributed by atoms with Crippen molar-refractivity contribution in [2.75, 3.05) is 13.2 Å². The van der Waals surface area contributed by atoms with Crippen LogP contribution in [0.1, 0.15) is 226 Å². The molecule has 1 unspecified atom stereocenters. The van der Waals surface area contributed by atoms with Crippen LogP contribution in [0.5, 0.6) is 0 Å². The van der Waals surface area contributed by atoms with Gasteiger partial charge in [0, 0.05) is 19.3 Å². The van der Waals surface area contributed by atoms with Crippen molar-refractivity contribution in [2.45, 2.75) is 232 Å². The Morgan fingerprint density at radius 3 is 1.02 bits per heavy atom. The molecule has 0 aromatic rings. The van der Waals surface area contributed by atoms with Gasteiger partial charge in [-0.2, -0.15) is 0 Å². The maximum absolute atomic E-state index is 12.8. The van der Waals surface area contributed by atoms with Crippen molar-refractivity contribution in [2.24, 2.45) is 0 Å². The molecule has 63 heavy (non-hydrogen) atoms. The van der Waals surface area contributed by atoms with Crippen molar-refractivity contribution in [3.8, 4) is 0 Å². The van der Waals surface area contributed by atoms with Crippen LogP contribution in [-0.4, -0.2) is 37.2 Å². The maximum Gasteiger partial charge on any atom is 0.306 e. The zero-order chi connectivity index (χ0) is 45.8. The minimum absolute atomic E-state index is 0.103. The molecule has 1 atom stereocenters. The molecule has 358 valence electrons. The molecular weight excluding hydrogens is 781 g/mol. The van der Waals surface area contributed by atoms with Crippen LogP contribution >= 0.6 is 0 Å². The highest BCUT2D eigenvalue weighted by atomic mass is 16.6. The van der Waals surface area contributed by atoms with Crippen LogP contribution in [0.25, 0.3) is 0 Å². The number of unbranched alkanes of at least 4 members (excludes halogenated alkanes) is 18. The first-order chi connectivity index (χ1) is 31.0. The summed E-state index contributed by atoms with van der Waals surface area (Å²) in [6, 6.07) is 0. The van der Waals surface area contributed by atoms with E-state index in [0.717, 1.165) is 116 Å². The van der Waals surface area contributed by atoms with E-state index in [0.29, 0.717) is 19.3 Å². The molecule has 0 rings (SSSR count). The molecule has 0 bridgehead atoms. The van der Waals surface area contributed by atoms with Gasteiger partial charge in [-0.1, -0.05) is 189 Å². The first-order valence-electron chi connectivity index (χ1n) is 25.7. The Morgan fingerprint density at radius 2 is 0.619 bits per heavy atom. The van der Waals surface area contributed by atoms with Crippen molar-refractivity contribution in [1.29, 1.82) is 0 Å². The van der Waals surface area contributed by atoms with Gasteiger partial charge in [0.25, 0.3) is 0 Å². The summed E-state index contributed by atoms with van der Waals surface area (Å²) >= 11 is 0. The fourth-order valence-electron chi connectivity index (χ4n) is 6.73. The van der Waals surface area contributed by atoms with Crippen LogP contribution in [0.2, 0.25) is 0 Å². The highest BCUT2D eigenvalue weighted by Crippen LogP contribution is 2.13. The zero-order valence-corrected chi connectivity index (χ0v) is 40.8. The average Bonchev–Trinajstić information content (AvgIpc) is 3.28. The Morgan fingerprint density at radius 1 is 0.333 bits per heavy atom. The number of allylic oxidation sites excluding steroid dienone is 16. The molecule has 0 saturated carbocycles. The molecule has 0 aromatic carbocycles. The molecule has 6 heteroatoms. The van der Waals surface area contributed by atoms with Crippen LogP contribution in [0.3, 0.4) is 0 Å². The van der Waals surface area contributed by atoms with E-state index in [1.807, 2.05) is 0 Å². The number of ether oxygens (including phenoxy) is 3. The second-order valence-corrected chi connectivity index (χ2v) is 16.7. The average molecular weight is 875 g/mol. The van der Waals surface area contributed by atoms with E-state index in [4.69, 9.17) is 14.2 Å². The molecule has 0 spiro atoms. The Labute approximate surface area is 387 Å². The molecule has 0 heterocycles. The normalized spacial score (nSPS) is 12.9. The number of esters is 3. The molecule has 0 radical (unpaired) electrons. The standard InChI is InChI=1S/C57H94O6/c1-4-7-10-13-16-19-22-25-27-28-30-32-35-38-41-44-47-50-56(59)62-53-54(52-61-55(58)49-46-43-40-37-34-31-24-21-18-15-12-9-6-3)63-57(60)51-48-45-42-39-36-33-29-26-23-20-17-14-11-8-5-2/h7-8,10-11,16-17,19-21,24-27,29,36,39,54H,4-6,9,12-15,18,22-23,28,30-35,37-38,40-53H2,1-3H3/b10-7-,11-8-,19-16-,20-17-,24-21-,27-25-,29-26-,39-36-. The predicted molar refractivity (Wildman–Crippen MR) is 270 cm³/mol. The molecule has 0 aromatic heterocycles. The van der Waals surface area contributed by atoms with Crippen LogP contribution in [0.15, 0.2) is 97.2 Å². The van der Waals surface area contributed by atoms with Crippen molar-refractivity contribution in [1.82, 2.24) is 0 Å². The SMILES string of the molecule is CC/C=C\C/C=C\C/C=C\C/C=C\CCCCC(=O)OC(COC(=O)CCCCCCC/C=C\CCCCCC)COC(=O)CCCCCCCCC/C=C\C/C=C\C/C=C\CC. The lowest BCUT2D eigenvalue weighted by Gasteiger charge is -2.18. The first kappa shape index (κ1) is 59.3. The van der Waals surface area contributed by atoms with E-state index in [1.54, 1.807) is 0 Å². The molecular formula is C57H94O6. The van der Waals surface area contributed by atoms with Gasteiger partial charge < -0.3 is 14.2 Å². The van der Waals surface area contributed by atoms with Gasteiger partial charge in [0.1, 0.15) is 13.2 Å². The van der Waals surface area contributed by atoms with Gasteiger partial charge in [0.15, 0.2) is 6.10 Å². The van der Waals surface area contributed by atoms with Crippen molar-refractivity contribution in [3.05, 3.63) is 97.2 Å². The second kappa shape index (κ2) is 51.0. The van der Waals surface area contributed by atoms with Crippen LogP contribution in [0, 0.1) is 0 Å². The Kier molecular flexibility index (Phi) is 48.0. The lowest BCUT2D eigenvalue weighted by atomic mass is 10.1. The highest BCUT2D eigenvalue weighted by molar-refractivity contribution is 5.71. The van der Waals surface area contributed by atoms with Gasteiger partial charge in [-0.15, -0.1) is 0 Å². The largest absolute Gasteiger partial charge is 0.462 e. The minimum Gasteiger partial charge on any atom is -0.462 e. The first-order valence-corrected chi connectivity index (χ1v) is 25.7. The van der Waals surface area contributed by atoms with Crippen LogP contribution < -0.4 is 0 Å². The Bertz CT molecular complexity index is 1280. The summed E-state index contributed by atoms with van der Waals surface area (Å²) in [5.74, 6) is -0.966. The predicted octanol–water partition coefficient (Wildman–Crippen LogP) is 17.0. The van der Waals surface area contributed by atoms with E-state index >= 15 is 0 Å². The lowest BCUT2D eigenvalue weighted by molar-refractivity contribution is -0.167. The van der Waals surface area contributed by atoms with Crippen molar-refractivity contribution < 1.29 is 28.6 Å². The molecule has 6 nitrogen and oxygen atoms in total. The van der Waals surface area contributed by atoms with Gasteiger partial charge in [0.05, 0.1) is 0 Å². The number of rotatable bonds is 45. The smallest absolute Gasteiger partial charge is 0.306 e. The van der Waals surface area contributed by atoms with Gasteiger partial charge in [-0.05, 0) is 116 Å². The van der Waals surface area contributed by atoms with Gasteiger partial charge in [-0.25, -0.2) is 0 Å². The van der Waals surface area contributed by atoms with Gasteiger partial charge >= 0.3 is 17.9 Å². The third-order valence-corrected chi connectivity index (χ3v) is 10.6. The molecule has 0 aliphatic rings. The summed E-state index contributed by atoms with van der Waals surface area (Å²) in [6.45, 7) is 6.34. The van der Waals surface area contributed by atoms with Crippen molar-refractivity contribution >= 4 is 17.9 Å². The summed E-state index contributed by atoms with van der Waals surface area (Å²) in [7, 11) is 0. The summed E-state index contributed by atoms with van der Waals surface area (Å²) in [4.78, 5) is 38.0. The summed E-state index contributed by atoms with van der Waals surface area (Å²) < 4.78 is 16.7. The molecule has 0 saturated heterocycles. The quantitative estimate of drug-likeness (QED) is 0.0262. The fraction of sp³-hybridized carbons (Fsp3) is 0.667. The lowest BCUT2D eigenvalue weighted by Crippen LogP contribution is -2.30. The Hall–Kier alpha value is -3.67. The number of carbonyl (C=O) groups excluding carboxylic acids is 3. The molecule has 0 N–H and O–H groups in total. The van der Waals surface area contributed by atoms with Crippen LogP contribution in [-0.2, 0) is 28.6 Å². The van der Waals surface area contributed by atoms with E-state index < -0.39 is 6.10 Å². The summed E-state index contributed by atoms with van der Waals surface area (Å²) in [5.41, 5.74) is 0. The van der Waals surface area contributed by atoms with E-state index in [-0.39, 0.29) is 37.5 Å². The third-order valence-electron chi connectivity index (χ3n) is 10.6.